The summed E-state index contributed by atoms with van der Waals surface area (Å²) in [6.45, 7) is 15.0. The summed E-state index contributed by atoms with van der Waals surface area (Å²) in [6.07, 6.45) is -9.07. The maximum Gasteiger partial charge on any atom is 0.337 e. The van der Waals surface area contributed by atoms with Crippen molar-refractivity contribution in [1.82, 2.24) is 26.6 Å². The van der Waals surface area contributed by atoms with E-state index >= 15 is 0 Å². The van der Waals surface area contributed by atoms with Crippen molar-refractivity contribution in [1.29, 1.82) is 0 Å². The molecule has 0 radical (unpaired) electrons. The molecule has 0 saturated heterocycles. The van der Waals surface area contributed by atoms with E-state index in [1.54, 1.807) is 27.7 Å². The molecular formula is C94H88F15N5O22. The van der Waals surface area contributed by atoms with E-state index in [0.717, 1.165) is 107 Å². The number of halogens is 15. The Hall–Kier alpha value is -14.4. The average molecular weight is 1920 g/mol. The second-order valence-electron chi connectivity index (χ2n) is 31.2. The molecule has 136 heavy (non-hydrogen) atoms. The highest BCUT2D eigenvalue weighted by Gasteiger charge is 2.50. The third-order valence-electron chi connectivity index (χ3n) is 22.6. The van der Waals surface area contributed by atoms with Crippen molar-refractivity contribution >= 4 is 65.7 Å². The van der Waals surface area contributed by atoms with E-state index in [-0.39, 0.29) is 128 Å². The Morgan fingerprint density at radius 2 is 0.529 bits per heavy atom. The lowest BCUT2D eigenvalue weighted by atomic mass is 9.77. The van der Waals surface area contributed by atoms with Gasteiger partial charge in [0, 0.05) is 93.6 Å². The molecule has 0 spiro atoms. The number of carbonyl (C=O) groups excluding carboxylic acids is 11. The Labute approximate surface area is 765 Å². The van der Waals surface area contributed by atoms with Crippen LogP contribution in [0.5, 0.6) is 0 Å². The summed E-state index contributed by atoms with van der Waals surface area (Å²) in [5.74, 6) is -25.3. The van der Waals surface area contributed by atoms with Gasteiger partial charge in [0.25, 0.3) is 0 Å². The van der Waals surface area contributed by atoms with Crippen LogP contribution in [0.1, 0.15) is 199 Å². The van der Waals surface area contributed by atoms with Gasteiger partial charge in [0.05, 0.1) is 156 Å². The first kappa shape index (κ1) is 104. The van der Waals surface area contributed by atoms with Crippen LogP contribution in [0.2, 0.25) is 0 Å². The van der Waals surface area contributed by atoms with Gasteiger partial charge >= 0.3 is 65.7 Å². The Bertz CT molecular complexity index is 5620. The number of hydrogen-bond acceptors (Lipinski definition) is 27. The minimum atomic E-state index is -1.90. The second-order valence-corrected chi connectivity index (χ2v) is 31.2. The molecule has 726 valence electrons. The average Bonchev–Trinajstić information content (AvgIpc) is 1.32. The number of alkyl halides is 5. The lowest BCUT2D eigenvalue weighted by Crippen LogP contribution is -2.35. The van der Waals surface area contributed by atoms with Crippen molar-refractivity contribution in [2.75, 3.05) is 75.2 Å². The van der Waals surface area contributed by atoms with Gasteiger partial charge in [-0.25, -0.2) is 114 Å². The molecule has 9 heterocycles. The maximum absolute atomic E-state index is 14.6. The number of benzene rings is 5. The molecule has 9 aliphatic rings. The number of rotatable bonds is 19. The number of nitrogens with one attached hydrogen (secondary N) is 5. The summed E-state index contributed by atoms with van der Waals surface area (Å²) in [6, 6.07) is 7.32. The van der Waals surface area contributed by atoms with E-state index in [0.29, 0.717) is 75.9 Å². The highest BCUT2D eigenvalue weighted by atomic mass is 19.2. The van der Waals surface area contributed by atoms with E-state index in [4.69, 9.17) is 52.1 Å². The van der Waals surface area contributed by atoms with Gasteiger partial charge in [-0.3, -0.25) is 4.79 Å². The molecule has 0 aromatic heterocycles. The number of methoxy groups -OCH3 is 5. The molecule has 0 bridgehead atoms. The Morgan fingerprint density at radius 3 is 0.728 bits per heavy atom. The van der Waals surface area contributed by atoms with Crippen LogP contribution in [0.4, 0.5) is 65.9 Å². The van der Waals surface area contributed by atoms with Gasteiger partial charge in [-0.1, -0.05) is 0 Å². The van der Waals surface area contributed by atoms with Gasteiger partial charge in [0.2, 0.25) is 0 Å². The normalized spacial score (nSPS) is 19.7. The summed E-state index contributed by atoms with van der Waals surface area (Å²) in [4.78, 5) is 135. The number of carbonyl (C=O) groups is 11. The zero-order chi connectivity index (χ0) is 101. The Morgan fingerprint density at radius 1 is 0.324 bits per heavy atom. The van der Waals surface area contributed by atoms with Crippen molar-refractivity contribution in [3.63, 3.8) is 0 Å². The zero-order valence-corrected chi connectivity index (χ0v) is 75.4. The fourth-order valence-electron chi connectivity index (χ4n) is 17.3. The topological polar surface area (TPSA) is 349 Å². The number of esters is 11. The molecule has 5 aromatic carbocycles. The predicted molar refractivity (Wildman–Crippen MR) is 445 cm³/mol. The molecule has 0 aliphatic carbocycles. The van der Waals surface area contributed by atoms with E-state index in [9.17, 15) is 119 Å². The quantitative estimate of drug-likeness (QED) is 0.0291. The van der Waals surface area contributed by atoms with E-state index in [1.165, 1.54) is 13.8 Å². The van der Waals surface area contributed by atoms with Crippen LogP contribution in [0.25, 0.3) is 0 Å². The van der Waals surface area contributed by atoms with Crippen molar-refractivity contribution < 1.29 is 171 Å². The third-order valence-corrected chi connectivity index (χ3v) is 22.6. The van der Waals surface area contributed by atoms with Gasteiger partial charge in [0.15, 0.2) is 0 Å². The zero-order valence-electron chi connectivity index (χ0n) is 75.4. The summed E-state index contributed by atoms with van der Waals surface area (Å²) in [5, 5.41) is 14.3. The van der Waals surface area contributed by atoms with E-state index < -0.39 is 219 Å². The van der Waals surface area contributed by atoms with Gasteiger partial charge in [-0.05, 0) is 134 Å². The molecule has 5 N–H and O–H groups in total. The van der Waals surface area contributed by atoms with Crippen molar-refractivity contribution in [3.8, 4) is 0 Å². The van der Waals surface area contributed by atoms with Gasteiger partial charge in [0.1, 0.15) is 122 Å². The first-order valence-corrected chi connectivity index (χ1v) is 41.2. The second kappa shape index (κ2) is 42.9. The van der Waals surface area contributed by atoms with Gasteiger partial charge in [-0.15, -0.1) is 0 Å². The molecule has 27 nitrogen and oxygen atoms in total. The first-order chi connectivity index (χ1) is 64.1. The fourth-order valence-corrected chi connectivity index (χ4v) is 17.3. The summed E-state index contributed by atoms with van der Waals surface area (Å²) >= 11 is 0. The van der Waals surface area contributed by atoms with E-state index in [2.05, 4.69) is 26.6 Å². The summed E-state index contributed by atoms with van der Waals surface area (Å²) in [7, 11) is 5.65. The van der Waals surface area contributed by atoms with Crippen molar-refractivity contribution in [2.24, 2.45) is 0 Å². The van der Waals surface area contributed by atoms with Crippen LogP contribution in [-0.2, 0) is 105 Å². The van der Waals surface area contributed by atoms with Crippen LogP contribution in [0.15, 0.2) is 173 Å². The number of allylic oxidation sites excluding steroid dienone is 5. The van der Waals surface area contributed by atoms with Crippen LogP contribution < -0.4 is 26.6 Å². The number of ether oxygens (including phenoxy) is 11. The highest BCUT2D eigenvalue weighted by Crippen LogP contribution is 2.52. The number of cyclic esters (lactones) is 4. The largest absolute Gasteiger partial charge is 0.466 e. The predicted octanol–water partition coefficient (Wildman–Crippen LogP) is 15.3. The molecule has 14 rings (SSSR count). The monoisotopic (exact) mass is 1920 g/mol. The van der Waals surface area contributed by atoms with Crippen LogP contribution in [-0.4, -0.2) is 141 Å². The molecule has 0 fully saturated rings. The van der Waals surface area contributed by atoms with Crippen LogP contribution >= 0.6 is 0 Å². The number of hydrogen-bond donors (Lipinski definition) is 5. The Balaban J connectivity index is 0.000000176. The summed E-state index contributed by atoms with van der Waals surface area (Å²) in [5.41, 5.74) is -0.567. The van der Waals surface area contributed by atoms with Crippen molar-refractivity contribution in [3.05, 3.63) is 287 Å². The van der Waals surface area contributed by atoms with Gasteiger partial charge < -0.3 is 78.7 Å². The Kier molecular flexibility index (Phi) is 32.7. The molecule has 42 heteroatoms. The molecule has 0 amide bonds. The molecule has 3 unspecified atom stereocenters. The smallest absolute Gasteiger partial charge is 0.337 e. The molecule has 0 saturated carbocycles. The lowest BCUT2D eigenvalue weighted by molar-refractivity contribution is -0.142. The van der Waals surface area contributed by atoms with E-state index in [1.807, 2.05) is 0 Å². The van der Waals surface area contributed by atoms with Gasteiger partial charge in [-0.2, -0.15) is 0 Å². The highest BCUT2D eigenvalue weighted by molar-refractivity contribution is 6.05. The molecule has 10 atom stereocenters. The SMILES string of the molecule is CCOC(=O)C1=C(COC(C)=O)NC(C)=C(C(=O)OC)C1c1cc(F)cc(F)c1C(C)F.COC(=O)C1=C(C)NC2=C(C(=O)OC2)C1c1cc(F)cc(F)c1[C@H](C)F.COC(=O)C1=C(C)NC2=C(C(=O)OC2)[C@@H]1c1cc(F)cc(F)c1[C@@H](C)F.COC(=O)C1=C(C)NC2=C(C(=O)OC2)[C@@H]1c1cc(F)cc(F)c1[C@H](C)F.COC(=O)C1=C(C)NC2=C(C(=O)OC2)[C@H]1c1cc(F)cc(F)c1[C@@H](C)F. The maximum atomic E-state index is 14.6. The lowest BCUT2D eigenvalue weighted by Gasteiger charge is -2.32. The minimum Gasteiger partial charge on any atom is -0.466 e. The molecular weight excluding hydrogens is 1840 g/mol. The van der Waals surface area contributed by atoms with Crippen LogP contribution in [0.3, 0.4) is 0 Å². The van der Waals surface area contributed by atoms with Crippen LogP contribution in [0, 0.1) is 58.2 Å². The summed E-state index contributed by atoms with van der Waals surface area (Å²) < 4.78 is 267. The molecule has 9 aliphatic heterocycles. The first-order valence-electron chi connectivity index (χ1n) is 41.2. The minimum absolute atomic E-state index is 0.0166. The molecule has 5 aromatic rings. The standard InChI is InChI=1S/C22H24F3NO6.4C18H16F3NO4/c1-6-31-22(29)20-16(9-32-12(4)27)26-11(3)18(21(28)30-5)19(20)14-7-13(24)8-15(25)17(14)10(2)23;4*1-7(19)13-10(4-9(20)5-11(13)21)15-14(17(23)25-3)8(2)22-12-6-26-18(24)16(12)15/h7-8,10,19,26H,6,9H2,1-5H3;4*4-5,7,15,22H,6H2,1-3H3/t;7-,15?;2*7-,15+;7-,15-/m.0101/s1. The fraction of sp³-hybridized carbons (Fsp3) is 0.351. The third kappa shape index (κ3) is 20.9. The van der Waals surface area contributed by atoms with Crippen molar-refractivity contribution in [2.45, 2.75) is 144 Å². The number of dihydropyridines is 5.